The summed E-state index contributed by atoms with van der Waals surface area (Å²) in [6.45, 7) is 14.8. The van der Waals surface area contributed by atoms with E-state index in [1.54, 1.807) is 13.0 Å². The summed E-state index contributed by atoms with van der Waals surface area (Å²) in [6.07, 6.45) is 6.36. The van der Waals surface area contributed by atoms with Crippen LogP contribution in [0.15, 0.2) is 6.07 Å². The number of carbonyl (C=O) groups is 2. The van der Waals surface area contributed by atoms with E-state index in [-0.39, 0.29) is 25.0 Å². The second kappa shape index (κ2) is 12.0. The first-order chi connectivity index (χ1) is 19.9. The molecule has 2 aromatic rings. The van der Waals surface area contributed by atoms with Crippen LogP contribution in [-0.4, -0.2) is 41.6 Å². The summed E-state index contributed by atoms with van der Waals surface area (Å²) in [5.41, 5.74) is 7.23. The van der Waals surface area contributed by atoms with Crippen LogP contribution in [0, 0.1) is 26.6 Å². The summed E-state index contributed by atoms with van der Waals surface area (Å²) < 4.78 is 33.5. The third-order valence-electron chi connectivity index (χ3n) is 9.25. The van der Waals surface area contributed by atoms with Gasteiger partial charge in [0, 0.05) is 23.7 Å². The number of amides is 1. The second-order valence-corrected chi connectivity index (χ2v) is 13.1. The maximum Gasteiger partial charge on any atom is 0.339 e. The Hall–Kier alpha value is -2.93. The van der Waals surface area contributed by atoms with Crippen LogP contribution in [0.2, 0.25) is 0 Å². The number of benzene rings is 2. The second-order valence-electron chi connectivity index (χ2n) is 13.1. The summed E-state index contributed by atoms with van der Waals surface area (Å²) in [5.74, 6) is -0.414. The number of carbonyl (C=O) groups excluding carboxylic acids is 2. The lowest BCUT2D eigenvalue weighted by molar-refractivity contribution is -0.166. The van der Waals surface area contributed by atoms with E-state index < -0.39 is 23.5 Å². The lowest BCUT2D eigenvalue weighted by atomic mass is 9.78. The molecule has 7 heteroatoms. The minimum atomic E-state index is -1.04. The normalized spacial score (nSPS) is 18.3. The SMILES string of the molecule is CCOC(=O)[C@@H](OC(C)(C)C)c1c(C)c2c(c(C)c1-c1cc(F)c3c(c1C)CCCO3)CN(C1CCCCC1)C(=O)C2. The zero-order chi connectivity index (χ0) is 30.3. The van der Waals surface area contributed by atoms with Gasteiger partial charge in [-0.2, -0.15) is 0 Å². The fraction of sp³-hybridized carbons (Fsp3) is 0.600. The molecule has 1 amide bonds. The Balaban J connectivity index is 1.78. The molecule has 5 rings (SSSR count). The molecular weight excluding hydrogens is 533 g/mol. The third-order valence-corrected chi connectivity index (χ3v) is 9.25. The third kappa shape index (κ3) is 5.69. The zero-order valence-corrected chi connectivity index (χ0v) is 26.4. The number of halogens is 1. The number of esters is 1. The highest BCUT2D eigenvalue weighted by Crippen LogP contribution is 2.47. The van der Waals surface area contributed by atoms with Gasteiger partial charge >= 0.3 is 5.97 Å². The van der Waals surface area contributed by atoms with E-state index in [1.165, 1.54) is 6.42 Å². The highest BCUT2D eigenvalue weighted by atomic mass is 19.1. The predicted molar refractivity (Wildman–Crippen MR) is 161 cm³/mol. The van der Waals surface area contributed by atoms with Crippen molar-refractivity contribution >= 4 is 11.9 Å². The van der Waals surface area contributed by atoms with Crippen LogP contribution in [0.5, 0.6) is 5.75 Å². The minimum Gasteiger partial charge on any atom is -0.490 e. The zero-order valence-electron chi connectivity index (χ0n) is 26.4. The van der Waals surface area contributed by atoms with Crippen molar-refractivity contribution in [3.05, 3.63) is 50.8 Å². The van der Waals surface area contributed by atoms with Gasteiger partial charge < -0.3 is 19.1 Å². The number of hydrogen-bond donors (Lipinski definition) is 0. The van der Waals surface area contributed by atoms with Gasteiger partial charge in [-0.15, -0.1) is 0 Å². The van der Waals surface area contributed by atoms with Crippen LogP contribution < -0.4 is 4.74 Å². The van der Waals surface area contributed by atoms with Gasteiger partial charge in [0.25, 0.3) is 0 Å². The van der Waals surface area contributed by atoms with Crippen molar-refractivity contribution in [2.45, 2.75) is 124 Å². The van der Waals surface area contributed by atoms with Gasteiger partial charge in [-0.25, -0.2) is 9.18 Å². The number of rotatable bonds is 6. The van der Waals surface area contributed by atoms with Gasteiger partial charge in [0.1, 0.15) is 0 Å². The summed E-state index contributed by atoms with van der Waals surface area (Å²) >= 11 is 0. The number of nitrogens with zero attached hydrogens (tertiary/aromatic N) is 1. The summed E-state index contributed by atoms with van der Waals surface area (Å²) in [6, 6.07) is 1.81. The highest BCUT2D eigenvalue weighted by molar-refractivity contribution is 5.89. The van der Waals surface area contributed by atoms with Crippen LogP contribution in [0.25, 0.3) is 11.1 Å². The quantitative estimate of drug-likeness (QED) is 0.334. The van der Waals surface area contributed by atoms with Gasteiger partial charge in [-0.1, -0.05) is 19.3 Å². The molecule has 2 aromatic carbocycles. The fourth-order valence-corrected chi connectivity index (χ4v) is 7.23. The van der Waals surface area contributed by atoms with Gasteiger partial charge in [0.15, 0.2) is 17.7 Å². The van der Waals surface area contributed by atoms with Gasteiger partial charge in [-0.05, 0) is 119 Å². The first-order valence-corrected chi connectivity index (χ1v) is 15.7. The maximum atomic E-state index is 15.7. The average molecular weight is 580 g/mol. The Bertz CT molecular complexity index is 1390. The molecule has 2 heterocycles. The van der Waals surface area contributed by atoms with E-state index in [0.29, 0.717) is 24.5 Å². The van der Waals surface area contributed by atoms with Crippen LogP contribution in [0.1, 0.15) is 111 Å². The van der Waals surface area contributed by atoms with Gasteiger partial charge in [0.05, 0.1) is 25.2 Å². The standard InChI is InChI=1S/C35H46FNO5/c1-8-40-34(39)33(42-35(5,6)7)31-21(3)25-18-29(38)37(23-13-10-9-11-14-23)19-27(25)22(4)30(31)26-17-28(36)32-24(20(26)2)15-12-16-41-32/h17,23,33H,8-16,18-19H2,1-7H3/t33-/m0/s1. The fourth-order valence-electron chi connectivity index (χ4n) is 7.23. The Morgan fingerprint density at radius 1 is 1.05 bits per heavy atom. The molecule has 6 nitrogen and oxygen atoms in total. The minimum absolute atomic E-state index is 0.133. The maximum absolute atomic E-state index is 15.7. The van der Waals surface area contributed by atoms with E-state index in [1.807, 2.05) is 34.6 Å². The molecule has 0 radical (unpaired) electrons. The van der Waals surface area contributed by atoms with E-state index in [2.05, 4.69) is 11.8 Å². The monoisotopic (exact) mass is 579 g/mol. The van der Waals surface area contributed by atoms with Crippen LogP contribution in [-0.2, 0) is 38.4 Å². The van der Waals surface area contributed by atoms with Crippen molar-refractivity contribution in [2.75, 3.05) is 13.2 Å². The predicted octanol–water partition coefficient (Wildman–Crippen LogP) is 7.38. The molecule has 228 valence electrons. The molecule has 1 aliphatic carbocycles. The van der Waals surface area contributed by atoms with Crippen LogP contribution >= 0.6 is 0 Å². The molecule has 0 N–H and O–H groups in total. The average Bonchev–Trinajstić information content (AvgIpc) is 2.96. The number of fused-ring (bicyclic) bond motifs is 2. The molecule has 1 saturated carbocycles. The Labute approximate surface area is 249 Å². The number of ether oxygens (including phenoxy) is 3. The molecular formula is C35H46FNO5. The van der Waals surface area contributed by atoms with Crippen molar-refractivity contribution in [3.63, 3.8) is 0 Å². The van der Waals surface area contributed by atoms with E-state index in [0.717, 1.165) is 83.0 Å². The largest absolute Gasteiger partial charge is 0.490 e. The van der Waals surface area contributed by atoms with Crippen LogP contribution in [0.3, 0.4) is 0 Å². The van der Waals surface area contributed by atoms with Crippen molar-refractivity contribution in [3.8, 4) is 16.9 Å². The molecule has 0 saturated heterocycles. The molecule has 0 aromatic heterocycles. The van der Waals surface area contributed by atoms with Crippen molar-refractivity contribution in [2.24, 2.45) is 0 Å². The summed E-state index contributed by atoms with van der Waals surface area (Å²) in [4.78, 5) is 29.3. The molecule has 3 aliphatic rings. The van der Waals surface area contributed by atoms with Crippen molar-refractivity contribution in [1.29, 1.82) is 0 Å². The Morgan fingerprint density at radius 3 is 2.43 bits per heavy atom. The smallest absolute Gasteiger partial charge is 0.339 e. The molecule has 0 unspecified atom stereocenters. The van der Waals surface area contributed by atoms with E-state index in [9.17, 15) is 9.59 Å². The lowest BCUT2D eigenvalue weighted by Crippen LogP contribution is -2.45. The van der Waals surface area contributed by atoms with Crippen molar-refractivity contribution in [1.82, 2.24) is 4.90 Å². The van der Waals surface area contributed by atoms with Crippen molar-refractivity contribution < 1.29 is 28.2 Å². The molecule has 0 spiro atoms. The molecule has 2 aliphatic heterocycles. The van der Waals surface area contributed by atoms with E-state index >= 15 is 4.39 Å². The molecule has 0 bridgehead atoms. The summed E-state index contributed by atoms with van der Waals surface area (Å²) in [5, 5.41) is 0. The van der Waals surface area contributed by atoms with E-state index in [4.69, 9.17) is 14.2 Å². The number of hydrogen-bond acceptors (Lipinski definition) is 5. The first kappa shape index (κ1) is 30.5. The lowest BCUT2D eigenvalue weighted by Gasteiger charge is -2.40. The molecule has 1 fully saturated rings. The van der Waals surface area contributed by atoms with Gasteiger partial charge in [0.2, 0.25) is 5.91 Å². The first-order valence-electron chi connectivity index (χ1n) is 15.7. The Kier molecular flexibility index (Phi) is 8.71. The van der Waals surface area contributed by atoms with Gasteiger partial charge in [-0.3, -0.25) is 4.79 Å². The topological polar surface area (TPSA) is 65.1 Å². The van der Waals surface area contributed by atoms with Crippen LogP contribution in [0.4, 0.5) is 4.39 Å². The summed E-state index contributed by atoms with van der Waals surface area (Å²) in [7, 11) is 0. The molecule has 42 heavy (non-hydrogen) atoms. The Morgan fingerprint density at radius 2 is 1.76 bits per heavy atom. The highest BCUT2D eigenvalue weighted by Gasteiger charge is 2.39. The molecule has 1 atom stereocenters.